The van der Waals surface area contributed by atoms with E-state index in [-0.39, 0.29) is 6.04 Å². The Morgan fingerprint density at radius 3 is 2.57 bits per heavy atom. The first kappa shape index (κ1) is 13.5. The maximum atomic E-state index is 11.6. The van der Waals surface area contributed by atoms with E-state index < -0.39 is 13.0 Å². The Hall–Kier alpha value is -0.480. The summed E-state index contributed by atoms with van der Waals surface area (Å²) in [5, 5.41) is 0. The Labute approximate surface area is 84.1 Å². The summed E-state index contributed by atoms with van der Waals surface area (Å²) in [5.41, 5.74) is 6.82. The van der Waals surface area contributed by atoms with E-state index in [4.69, 9.17) is 10.5 Å². The highest BCUT2D eigenvalue weighted by atomic mass is 19.3. The van der Waals surface area contributed by atoms with Gasteiger partial charge in [0.2, 0.25) is 0 Å². The average molecular weight is 207 g/mol. The average Bonchev–Trinajstić information content (AvgIpc) is 2.08. The quantitative estimate of drug-likeness (QED) is 0.490. The minimum Gasteiger partial charge on any atom is -0.375 e. The Morgan fingerprint density at radius 1 is 1.43 bits per heavy atom. The fourth-order valence-electron chi connectivity index (χ4n) is 0.983. The van der Waals surface area contributed by atoms with Crippen LogP contribution in [0, 0.1) is 0 Å². The monoisotopic (exact) mass is 207 g/mol. The van der Waals surface area contributed by atoms with Gasteiger partial charge >= 0.3 is 0 Å². The van der Waals surface area contributed by atoms with Crippen molar-refractivity contribution in [1.82, 2.24) is 0 Å². The molecule has 1 atom stereocenters. The first-order valence-corrected chi connectivity index (χ1v) is 4.78. The van der Waals surface area contributed by atoms with Gasteiger partial charge < -0.3 is 10.5 Å². The zero-order chi connectivity index (χ0) is 11.0. The molecule has 0 amide bonds. The van der Waals surface area contributed by atoms with Gasteiger partial charge in [-0.1, -0.05) is 5.57 Å². The summed E-state index contributed by atoms with van der Waals surface area (Å²) >= 11 is 0. The first-order valence-electron chi connectivity index (χ1n) is 4.78. The van der Waals surface area contributed by atoms with Crippen molar-refractivity contribution in [2.75, 3.05) is 13.2 Å². The molecule has 14 heavy (non-hydrogen) atoms. The molecule has 2 N–H and O–H groups in total. The van der Waals surface area contributed by atoms with E-state index in [0.717, 1.165) is 18.4 Å². The molecule has 0 saturated heterocycles. The van der Waals surface area contributed by atoms with Gasteiger partial charge in [-0.2, -0.15) is 0 Å². The molecule has 1 unspecified atom stereocenters. The predicted octanol–water partition coefficient (Wildman–Crippen LogP) is 2.34. The number of rotatable bonds is 8. The molecule has 0 heterocycles. The largest absolute Gasteiger partial charge is 0.375 e. The zero-order valence-electron chi connectivity index (χ0n) is 8.64. The number of nitrogens with two attached hydrogens (primary N) is 1. The van der Waals surface area contributed by atoms with Gasteiger partial charge in [0.05, 0.1) is 0 Å². The van der Waals surface area contributed by atoms with E-state index in [1.807, 2.05) is 6.92 Å². The van der Waals surface area contributed by atoms with Crippen molar-refractivity contribution in [1.29, 1.82) is 0 Å². The minimum absolute atomic E-state index is 0.0179. The van der Waals surface area contributed by atoms with Gasteiger partial charge in [0.15, 0.2) is 0 Å². The Balaban J connectivity index is 3.26. The van der Waals surface area contributed by atoms with Crippen molar-refractivity contribution < 1.29 is 13.5 Å². The van der Waals surface area contributed by atoms with Crippen molar-refractivity contribution in [3.05, 3.63) is 12.2 Å². The van der Waals surface area contributed by atoms with Crippen LogP contribution in [-0.2, 0) is 4.74 Å². The highest BCUT2D eigenvalue weighted by molar-refractivity contribution is 4.88. The second-order valence-corrected chi connectivity index (χ2v) is 3.51. The minimum atomic E-state index is -2.39. The maximum absolute atomic E-state index is 11.6. The third kappa shape index (κ3) is 9.61. The molecule has 2 nitrogen and oxygen atoms in total. The van der Waals surface area contributed by atoms with Gasteiger partial charge in [-0.15, -0.1) is 6.58 Å². The van der Waals surface area contributed by atoms with Crippen molar-refractivity contribution in [3.63, 3.8) is 0 Å². The molecule has 0 aliphatic rings. The van der Waals surface area contributed by atoms with Crippen molar-refractivity contribution in [2.24, 2.45) is 5.73 Å². The molecule has 0 aromatic heterocycles. The molecule has 0 aliphatic carbocycles. The van der Waals surface area contributed by atoms with Gasteiger partial charge in [-0.3, -0.25) is 0 Å². The smallest absolute Gasteiger partial charge is 0.261 e. The Morgan fingerprint density at radius 2 is 2.07 bits per heavy atom. The highest BCUT2D eigenvalue weighted by Crippen LogP contribution is 2.05. The van der Waals surface area contributed by atoms with Crippen LogP contribution in [0.5, 0.6) is 0 Å². The van der Waals surface area contributed by atoms with E-state index in [9.17, 15) is 8.78 Å². The Kier molecular flexibility index (Phi) is 7.61. The van der Waals surface area contributed by atoms with Crippen molar-refractivity contribution in [2.45, 2.75) is 38.7 Å². The number of hydrogen-bond donors (Lipinski definition) is 1. The molecule has 0 radical (unpaired) electrons. The lowest BCUT2D eigenvalue weighted by atomic mass is 10.1. The summed E-state index contributed by atoms with van der Waals surface area (Å²) < 4.78 is 28.0. The SMILES string of the molecule is C=C(C)CCC(N)CCOCC(F)F. The summed E-state index contributed by atoms with van der Waals surface area (Å²) in [4.78, 5) is 0. The van der Waals surface area contributed by atoms with Crippen LogP contribution in [0.3, 0.4) is 0 Å². The van der Waals surface area contributed by atoms with Crippen LogP contribution in [0.1, 0.15) is 26.2 Å². The zero-order valence-corrected chi connectivity index (χ0v) is 8.64. The standard InChI is InChI=1S/C10H19F2NO/c1-8(2)3-4-9(13)5-6-14-7-10(11)12/h9-10H,1,3-7,13H2,2H3. The van der Waals surface area contributed by atoms with E-state index in [0.29, 0.717) is 13.0 Å². The molecule has 0 rings (SSSR count). The fourth-order valence-corrected chi connectivity index (χ4v) is 0.983. The van der Waals surface area contributed by atoms with E-state index >= 15 is 0 Å². The molecule has 0 aromatic carbocycles. The number of hydrogen-bond acceptors (Lipinski definition) is 2. The summed E-state index contributed by atoms with van der Waals surface area (Å²) in [6.07, 6.45) is -0.0368. The third-order valence-corrected chi connectivity index (χ3v) is 1.82. The van der Waals surface area contributed by atoms with Gasteiger partial charge in [0.1, 0.15) is 6.61 Å². The molecule has 84 valence electrons. The predicted molar refractivity (Wildman–Crippen MR) is 53.5 cm³/mol. The number of alkyl halides is 2. The van der Waals surface area contributed by atoms with Gasteiger partial charge in [-0.25, -0.2) is 8.78 Å². The fraction of sp³-hybridized carbons (Fsp3) is 0.800. The molecule has 0 saturated carbocycles. The topological polar surface area (TPSA) is 35.2 Å². The maximum Gasteiger partial charge on any atom is 0.261 e. The van der Waals surface area contributed by atoms with E-state index in [1.54, 1.807) is 0 Å². The molecule has 0 bridgehead atoms. The third-order valence-electron chi connectivity index (χ3n) is 1.82. The van der Waals surface area contributed by atoms with Crippen LogP contribution in [0.15, 0.2) is 12.2 Å². The van der Waals surface area contributed by atoms with Gasteiger partial charge in [0.25, 0.3) is 6.43 Å². The van der Waals surface area contributed by atoms with Crippen molar-refractivity contribution in [3.8, 4) is 0 Å². The molecule has 0 fully saturated rings. The molecule has 0 aromatic rings. The second kappa shape index (κ2) is 7.88. The number of ether oxygens (including phenoxy) is 1. The van der Waals surface area contributed by atoms with Crippen LogP contribution < -0.4 is 5.73 Å². The van der Waals surface area contributed by atoms with E-state index in [1.165, 1.54) is 0 Å². The van der Waals surface area contributed by atoms with Gasteiger partial charge in [-0.05, 0) is 26.2 Å². The molecular weight excluding hydrogens is 188 g/mol. The number of allylic oxidation sites excluding steroid dienone is 1. The molecule has 4 heteroatoms. The van der Waals surface area contributed by atoms with Crippen molar-refractivity contribution >= 4 is 0 Å². The van der Waals surface area contributed by atoms with Crippen LogP contribution in [0.25, 0.3) is 0 Å². The van der Waals surface area contributed by atoms with Crippen LogP contribution in [0.4, 0.5) is 8.78 Å². The second-order valence-electron chi connectivity index (χ2n) is 3.51. The van der Waals surface area contributed by atoms with Crippen LogP contribution >= 0.6 is 0 Å². The summed E-state index contributed by atoms with van der Waals surface area (Å²) in [5.74, 6) is 0. The van der Waals surface area contributed by atoms with Crippen LogP contribution in [0.2, 0.25) is 0 Å². The molecule has 0 spiro atoms. The Bertz CT molecular complexity index is 162. The lowest BCUT2D eigenvalue weighted by Gasteiger charge is -2.11. The molecule has 0 aliphatic heterocycles. The van der Waals surface area contributed by atoms with Crippen LogP contribution in [-0.4, -0.2) is 25.7 Å². The summed E-state index contributed by atoms with van der Waals surface area (Å²) in [7, 11) is 0. The highest BCUT2D eigenvalue weighted by Gasteiger charge is 2.05. The summed E-state index contributed by atoms with van der Waals surface area (Å²) in [6, 6.07) is 0.0179. The normalized spacial score (nSPS) is 13.2. The first-order chi connectivity index (χ1) is 6.52. The van der Waals surface area contributed by atoms with Gasteiger partial charge in [0, 0.05) is 12.6 Å². The number of halogens is 2. The van der Waals surface area contributed by atoms with E-state index in [2.05, 4.69) is 6.58 Å². The summed E-state index contributed by atoms with van der Waals surface area (Å²) in [6.45, 7) is 5.52. The lowest BCUT2D eigenvalue weighted by molar-refractivity contribution is 0.0151. The molecular formula is C10H19F2NO. The lowest BCUT2D eigenvalue weighted by Crippen LogP contribution is -2.22.